The molecule has 2 aromatic carbocycles. The normalized spacial score (nSPS) is 10.6. The summed E-state index contributed by atoms with van der Waals surface area (Å²) < 4.78 is 30.1. The Balaban J connectivity index is 2.07. The average molecular weight is 435 g/mol. The number of carbonyl (C=O) groups is 1. The lowest BCUT2D eigenvalue weighted by Crippen LogP contribution is -2.27. The molecule has 0 fully saturated rings. The van der Waals surface area contributed by atoms with Crippen molar-refractivity contribution in [2.24, 2.45) is 0 Å². The molecule has 0 radical (unpaired) electrons. The summed E-state index contributed by atoms with van der Waals surface area (Å²) in [6.07, 6.45) is 1.04. The van der Waals surface area contributed by atoms with Crippen molar-refractivity contribution in [2.45, 2.75) is 6.54 Å². The zero-order valence-electron chi connectivity index (χ0n) is 13.7. The van der Waals surface area contributed by atoms with Gasteiger partial charge in [0.05, 0.1) is 17.9 Å². The van der Waals surface area contributed by atoms with Gasteiger partial charge >= 0.3 is 5.97 Å². The van der Waals surface area contributed by atoms with Crippen molar-refractivity contribution in [1.29, 1.82) is 0 Å². The third-order valence-corrected chi connectivity index (χ3v) is 4.33. The molecule has 27 heavy (non-hydrogen) atoms. The average Bonchev–Trinajstić information content (AvgIpc) is 2.63. The van der Waals surface area contributed by atoms with Crippen molar-refractivity contribution < 1.29 is 18.7 Å². The Labute approximate surface area is 161 Å². The number of benzene rings is 2. The maximum Gasteiger partial charge on any atom is 0.339 e. The minimum atomic E-state index is -1.45. The van der Waals surface area contributed by atoms with Crippen molar-refractivity contribution in [3.05, 3.63) is 92.3 Å². The lowest BCUT2D eigenvalue weighted by atomic mass is 10.1. The smallest absolute Gasteiger partial charge is 0.339 e. The van der Waals surface area contributed by atoms with E-state index in [2.05, 4.69) is 21.2 Å². The molecule has 1 aromatic heterocycles. The predicted octanol–water partition coefficient (Wildman–Crippen LogP) is 4.38. The van der Waals surface area contributed by atoms with Gasteiger partial charge in [-0.05, 0) is 23.8 Å². The summed E-state index contributed by atoms with van der Waals surface area (Å²) in [4.78, 5) is 23.9. The van der Waals surface area contributed by atoms with E-state index in [-0.39, 0.29) is 12.2 Å². The van der Waals surface area contributed by atoms with E-state index in [0.717, 1.165) is 16.8 Å². The molecule has 0 bridgehead atoms. The molecule has 138 valence electrons. The van der Waals surface area contributed by atoms with Crippen LogP contribution in [0.2, 0.25) is 0 Å². The van der Waals surface area contributed by atoms with E-state index in [0.29, 0.717) is 10.0 Å². The SMILES string of the molecule is O=C(O)c1cn(Cc2ccccc2)c(=O)c(F)c1Nc1ccc(Br)cc1F. The predicted molar refractivity (Wildman–Crippen MR) is 101 cm³/mol. The van der Waals surface area contributed by atoms with Crippen LogP contribution in [0.3, 0.4) is 0 Å². The highest BCUT2D eigenvalue weighted by molar-refractivity contribution is 9.10. The van der Waals surface area contributed by atoms with E-state index in [1.165, 1.54) is 12.1 Å². The van der Waals surface area contributed by atoms with Gasteiger partial charge in [-0.25, -0.2) is 9.18 Å². The number of pyridine rings is 1. The Kier molecular flexibility index (Phi) is 5.36. The molecule has 1 heterocycles. The highest BCUT2D eigenvalue weighted by atomic mass is 79.9. The molecule has 3 rings (SSSR count). The molecule has 0 saturated carbocycles. The third-order valence-electron chi connectivity index (χ3n) is 3.84. The number of carboxylic acid groups (broad SMARTS) is 1. The van der Waals surface area contributed by atoms with Crippen LogP contribution in [0.15, 0.2) is 64.0 Å². The zero-order valence-corrected chi connectivity index (χ0v) is 15.3. The molecule has 0 unspecified atom stereocenters. The molecule has 8 heteroatoms. The molecule has 0 aliphatic rings. The van der Waals surface area contributed by atoms with Crippen molar-refractivity contribution in [3.8, 4) is 0 Å². The lowest BCUT2D eigenvalue weighted by Gasteiger charge is -2.14. The third kappa shape index (κ3) is 4.06. The quantitative estimate of drug-likeness (QED) is 0.624. The fourth-order valence-corrected chi connectivity index (χ4v) is 2.87. The number of aromatic carboxylic acids is 1. The molecule has 2 N–H and O–H groups in total. The minimum Gasteiger partial charge on any atom is -0.478 e. The van der Waals surface area contributed by atoms with E-state index in [4.69, 9.17) is 0 Å². The number of rotatable bonds is 5. The van der Waals surface area contributed by atoms with Crippen molar-refractivity contribution in [3.63, 3.8) is 0 Å². The number of carboxylic acids is 1. The molecule has 0 amide bonds. The molecule has 5 nitrogen and oxygen atoms in total. The summed E-state index contributed by atoms with van der Waals surface area (Å²) in [5, 5.41) is 11.8. The van der Waals surface area contributed by atoms with Crippen molar-refractivity contribution in [1.82, 2.24) is 4.57 Å². The summed E-state index contributed by atoms with van der Waals surface area (Å²) in [6.45, 7) is 0.00377. The summed E-state index contributed by atoms with van der Waals surface area (Å²) >= 11 is 3.10. The van der Waals surface area contributed by atoms with Gasteiger partial charge in [0.25, 0.3) is 5.56 Å². The van der Waals surface area contributed by atoms with Gasteiger partial charge in [-0.2, -0.15) is 4.39 Å². The molecule has 0 aliphatic heterocycles. The Hall–Kier alpha value is -3.00. The van der Waals surface area contributed by atoms with E-state index in [1.807, 2.05) is 0 Å². The molecular formula is C19H13BrF2N2O3. The van der Waals surface area contributed by atoms with E-state index in [1.54, 1.807) is 30.3 Å². The summed E-state index contributed by atoms with van der Waals surface area (Å²) in [7, 11) is 0. The first-order valence-electron chi connectivity index (χ1n) is 7.79. The van der Waals surface area contributed by atoms with Gasteiger partial charge in [-0.1, -0.05) is 46.3 Å². The molecule has 0 saturated heterocycles. The minimum absolute atomic E-state index is 0.00377. The number of anilines is 2. The largest absolute Gasteiger partial charge is 0.478 e. The van der Waals surface area contributed by atoms with Crippen LogP contribution in [-0.4, -0.2) is 15.6 Å². The van der Waals surface area contributed by atoms with E-state index < -0.39 is 34.4 Å². The number of hydrogen-bond donors (Lipinski definition) is 2. The number of nitrogens with one attached hydrogen (secondary N) is 1. The lowest BCUT2D eigenvalue weighted by molar-refractivity contribution is 0.0696. The highest BCUT2D eigenvalue weighted by Gasteiger charge is 2.21. The molecule has 3 aromatic rings. The number of halogens is 3. The second kappa shape index (κ2) is 7.71. The standard InChI is InChI=1S/C19H13BrF2N2O3/c20-12-6-7-15(14(21)8-12)23-17-13(19(26)27)10-24(18(25)16(17)22)9-11-4-2-1-3-5-11/h1-8,10,23H,9H2,(H,26,27). The van der Waals surface area contributed by atoms with Crippen LogP contribution < -0.4 is 10.9 Å². The Morgan fingerprint density at radius 1 is 1.15 bits per heavy atom. The Morgan fingerprint density at radius 2 is 1.85 bits per heavy atom. The van der Waals surface area contributed by atoms with Gasteiger partial charge in [0.2, 0.25) is 5.82 Å². The van der Waals surface area contributed by atoms with Crippen LogP contribution in [0.1, 0.15) is 15.9 Å². The molecule has 0 aliphatic carbocycles. The van der Waals surface area contributed by atoms with Gasteiger partial charge in [-0.15, -0.1) is 0 Å². The number of nitrogens with zero attached hydrogens (tertiary/aromatic N) is 1. The fraction of sp³-hybridized carbons (Fsp3) is 0.0526. The summed E-state index contributed by atoms with van der Waals surface area (Å²) in [6, 6.07) is 12.7. The van der Waals surface area contributed by atoms with Gasteiger partial charge in [-0.3, -0.25) is 4.79 Å². The molecule has 0 atom stereocenters. The van der Waals surface area contributed by atoms with Gasteiger partial charge < -0.3 is 15.0 Å². The van der Waals surface area contributed by atoms with Crippen molar-refractivity contribution >= 4 is 33.3 Å². The topological polar surface area (TPSA) is 71.3 Å². The number of hydrogen-bond acceptors (Lipinski definition) is 3. The second-order valence-corrected chi connectivity index (χ2v) is 6.62. The van der Waals surface area contributed by atoms with Crippen LogP contribution >= 0.6 is 15.9 Å². The van der Waals surface area contributed by atoms with Crippen LogP contribution in [0.25, 0.3) is 0 Å². The Bertz CT molecular complexity index is 1070. The first kappa shape index (κ1) is 18.8. The summed E-state index contributed by atoms with van der Waals surface area (Å²) in [5.74, 6) is -3.47. The van der Waals surface area contributed by atoms with Crippen LogP contribution in [-0.2, 0) is 6.54 Å². The number of aromatic nitrogens is 1. The van der Waals surface area contributed by atoms with Crippen molar-refractivity contribution in [2.75, 3.05) is 5.32 Å². The van der Waals surface area contributed by atoms with Gasteiger partial charge in [0, 0.05) is 10.7 Å². The summed E-state index contributed by atoms with van der Waals surface area (Å²) in [5.41, 5.74) is -1.53. The van der Waals surface area contributed by atoms with Crippen LogP contribution in [0, 0.1) is 11.6 Å². The zero-order chi connectivity index (χ0) is 19.6. The Morgan fingerprint density at radius 3 is 2.48 bits per heavy atom. The van der Waals surface area contributed by atoms with Crippen LogP contribution in [0.4, 0.5) is 20.2 Å². The molecule has 0 spiro atoms. The fourth-order valence-electron chi connectivity index (χ4n) is 2.54. The van der Waals surface area contributed by atoms with E-state index >= 15 is 0 Å². The molecular weight excluding hydrogens is 422 g/mol. The maximum atomic E-state index is 14.7. The van der Waals surface area contributed by atoms with Gasteiger partial charge in [0.15, 0.2) is 0 Å². The van der Waals surface area contributed by atoms with E-state index in [9.17, 15) is 23.5 Å². The second-order valence-electron chi connectivity index (χ2n) is 5.70. The highest BCUT2D eigenvalue weighted by Crippen LogP contribution is 2.26. The monoisotopic (exact) mass is 434 g/mol. The maximum absolute atomic E-state index is 14.7. The first-order chi connectivity index (χ1) is 12.9. The van der Waals surface area contributed by atoms with Crippen LogP contribution in [0.5, 0.6) is 0 Å². The van der Waals surface area contributed by atoms with Gasteiger partial charge in [0.1, 0.15) is 11.4 Å². The first-order valence-corrected chi connectivity index (χ1v) is 8.58.